The van der Waals surface area contributed by atoms with Gasteiger partial charge in [0.2, 0.25) is 0 Å². The van der Waals surface area contributed by atoms with Gasteiger partial charge in [0.25, 0.3) is 11.8 Å². The lowest BCUT2D eigenvalue weighted by Gasteiger charge is -2.59. The van der Waals surface area contributed by atoms with E-state index in [1.807, 2.05) is 72.6 Å². The fourth-order valence-corrected chi connectivity index (χ4v) is 3.83. The Kier molecular flexibility index (Phi) is 3.40. The first-order valence-electron chi connectivity index (χ1n) is 8.02. The highest BCUT2D eigenvalue weighted by Crippen LogP contribution is 2.44. The fourth-order valence-electron chi connectivity index (χ4n) is 3.56. The molecule has 2 bridgehead atoms. The van der Waals surface area contributed by atoms with Crippen molar-refractivity contribution in [2.75, 3.05) is 16.8 Å². The predicted octanol–water partition coefficient (Wildman–Crippen LogP) is 2.63. The standard InChI is InChI=1S/C19H17N3O2S/c1-19-15(23)21(13-9-5-3-6-10-13)18(20(2)17(19)25)22(16(19)24)14-11-7-4-8-12-14/h3-12,18H,1-2H3. The number of anilines is 2. The number of para-hydroxylation sites is 2. The molecule has 3 saturated heterocycles. The van der Waals surface area contributed by atoms with Crippen LogP contribution in [0.3, 0.4) is 0 Å². The quantitative estimate of drug-likeness (QED) is 0.616. The van der Waals surface area contributed by atoms with E-state index in [0.29, 0.717) is 4.99 Å². The summed E-state index contributed by atoms with van der Waals surface area (Å²) in [5.74, 6) is -0.548. The normalized spacial score (nSPS) is 25.8. The van der Waals surface area contributed by atoms with Gasteiger partial charge in [-0.15, -0.1) is 0 Å². The van der Waals surface area contributed by atoms with Gasteiger partial charge in [-0.25, -0.2) is 0 Å². The monoisotopic (exact) mass is 351 g/mol. The van der Waals surface area contributed by atoms with Crippen molar-refractivity contribution in [3.05, 3.63) is 60.7 Å². The molecular formula is C19H17N3O2S. The Morgan fingerprint density at radius 2 is 1.24 bits per heavy atom. The molecule has 126 valence electrons. The number of hydrogen-bond donors (Lipinski definition) is 0. The van der Waals surface area contributed by atoms with Crippen LogP contribution >= 0.6 is 12.2 Å². The van der Waals surface area contributed by atoms with Crippen LogP contribution in [-0.4, -0.2) is 35.0 Å². The number of hydrogen-bond acceptors (Lipinski definition) is 3. The van der Waals surface area contributed by atoms with Crippen molar-refractivity contribution in [1.82, 2.24) is 4.90 Å². The average Bonchev–Trinajstić information content (AvgIpc) is 2.65. The maximum Gasteiger partial charge on any atom is 0.252 e. The molecule has 3 aliphatic rings. The summed E-state index contributed by atoms with van der Waals surface area (Å²) in [6.07, 6.45) is -0.612. The first kappa shape index (κ1) is 15.8. The van der Waals surface area contributed by atoms with E-state index in [-0.39, 0.29) is 11.8 Å². The van der Waals surface area contributed by atoms with E-state index in [2.05, 4.69) is 0 Å². The predicted molar refractivity (Wildman–Crippen MR) is 100 cm³/mol. The van der Waals surface area contributed by atoms with E-state index >= 15 is 0 Å². The van der Waals surface area contributed by atoms with Crippen molar-refractivity contribution in [2.24, 2.45) is 5.41 Å². The first-order valence-corrected chi connectivity index (χ1v) is 8.43. The molecule has 0 spiro atoms. The molecule has 0 saturated carbocycles. The van der Waals surface area contributed by atoms with E-state index in [0.717, 1.165) is 11.4 Å². The summed E-state index contributed by atoms with van der Waals surface area (Å²) in [5.41, 5.74) is 0.0999. The van der Waals surface area contributed by atoms with Crippen LogP contribution in [0.4, 0.5) is 11.4 Å². The molecule has 0 aromatic heterocycles. The topological polar surface area (TPSA) is 43.9 Å². The lowest BCUT2D eigenvalue weighted by Crippen LogP contribution is -2.80. The van der Waals surface area contributed by atoms with E-state index in [1.165, 1.54) is 0 Å². The summed E-state index contributed by atoms with van der Waals surface area (Å²) in [7, 11) is 1.83. The van der Waals surface area contributed by atoms with Crippen LogP contribution < -0.4 is 9.80 Å². The molecular weight excluding hydrogens is 334 g/mol. The van der Waals surface area contributed by atoms with Gasteiger partial charge in [-0.3, -0.25) is 19.4 Å². The molecule has 2 aromatic rings. The summed E-state index contributed by atoms with van der Waals surface area (Å²) in [6.45, 7) is 1.62. The summed E-state index contributed by atoms with van der Waals surface area (Å²) in [6, 6.07) is 18.8. The molecule has 2 amide bonds. The second-order valence-electron chi connectivity index (χ2n) is 6.41. The van der Waals surface area contributed by atoms with E-state index in [4.69, 9.17) is 12.2 Å². The molecule has 0 atom stereocenters. The van der Waals surface area contributed by atoms with Crippen molar-refractivity contribution in [2.45, 2.75) is 13.2 Å². The number of carbonyl (C=O) groups excluding carboxylic acids is 2. The highest BCUT2D eigenvalue weighted by molar-refractivity contribution is 7.80. The van der Waals surface area contributed by atoms with Crippen LogP contribution in [-0.2, 0) is 9.59 Å². The average molecular weight is 351 g/mol. The number of rotatable bonds is 2. The third kappa shape index (κ3) is 1.97. The molecule has 5 rings (SSSR count). The van der Waals surface area contributed by atoms with Gasteiger partial charge >= 0.3 is 0 Å². The van der Waals surface area contributed by atoms with Gasteiger partial charge in [-0.2, -0.15) is 0 Å². The lowest BCUT2D eigenvalue weighted by atomic mass is 9.80. The molecule has 3 aliphatic heterocycles. The molecule has 3 heterocycles. The van der Waals surface area contributed by atoms with Gasteiger partial charge in [-0.05, 0) is 31.2 Å². The van der Waals surface area contributed by atoms with Gasteiger partial charge in [0.1, 0.15) is 4.99 Å². The number of benzene rings is 2. The Bertz CT molecular complexity index is 809. The lowest BCUT2D eigenvalue weighted by molar-refractivity contribution is -0.142. The molecule has 2 aromatic carbocycles. The Morgan fingerprint density at radius 3 is 1.64 bits per heavy atom. The number of carbonyl (C=O) groups is 2. The number of amides is 2. The number of fused-ring (bicyclic) bond motifs is 3. The molecule has 5 nitrogen and oxygen atoms in total. The minimum absolute atomic E-state index is 0.274. The molecule has 0 aliphatic carbocycles. The second kappa shape index (κ2) is 5.39. The Balaban J connectivity index is 1.93. The van der Waals surface area contributed by atoms with Gasteiger partial charge in [0.15, 0.2) is 11.7 Å². The van der Waals surface area contributed by atoms with Crippen LogP contribution in [0.5, 0.6) is 0 Å². The highest BCUT2D eigenvalue weighted by Gasteiger charge is 2.64. The van der Waals surface area contributed by atoms with Crippen LogP contribution in [0.1, 0.15) is 6.92 Å². The van der Waals surface area contributed by atoms with Crippen LogP contribution in [0, 0.1) is 5.41 Å². The summed E-state index contributed by atoms with van der Waals surface area (Å²) >= 11 is 5.48. The van der Waals surface area contributed by atoms with Crippen molar-refractivity contribution in [1.29, 1.82) is 0 Å². The minimum atomic E-state index is -1.38. The van der Waals surface area contributed by atoms with Gasteiger partial charge in [0, 0.05) is 18.4 Å². The van der Waals surface area contributed by atoms with Gasteiger partial charge in [0.05, 0.1) is 0 Å². The second-order valence-corrected chi connectivity index (χ2v) is 6.80. The van der Waals surface area contributed by atoms with Crippen molar-refractivity contribution in [3.63, 3.8) is 0 Å². The summed E-state index contributed by atoms with van der Waals surface area (Å²) in [4.78, 5) is 31.9. The smallest absolute Gasteiger partial charge is 0.252 e. The number of nitrogens with zero attached hydrogens (tertiary/aromatic N) is 3. The van der Waals surface area contributed by atoms with Crippen molar-refractivity contribution >= 4 is 40.4 Å². The fraction of sp³-hybridized carbons (Fsp3) is 0.211. The SMILES string of the molecule is CN1C(=S)C2(C)C(=O)N(c3ccccc3)C1N(c1ccccc1)C2=O. The van der Waals surface area contributed by atoms with E-state index in [1.54, 1.807) is 16.7 Å². The molecule has 25 heavy (non-hydrogen) atoms. The highest BCUT2D eigenvalue weighted by atomic mass is 32.1. The Morgan fingerprint density at radius 1 is 0.840 bits per heavy atom. The van der Waals surface area contributed by atoms with Crippen molar-refractivity contribution < 1.29 is 9.59 Å². The number of thiocarbonyl (C=S) groups is 1. The largest absolute Gasteiger partial charge is 0.330 e. The third-order valence-electron chi connectivity index (χ3n) is 4.92. The molecule has 0 radical (unpaired) electrons. The van der Waals surface area contributed by atoms with Gasteiger partial charge < -0.3 is 4.90 Å². The molecule has 0 N–H and O–H groups in total. The maximum absolute atomic E-state index is 13.2. The maximum atomic E-state index is 13.2. The zero-order valence-corrected chi connectivity index (χ0v) is 14.7. The molecule has 3 fully saturated rings. The van der Waals surface area contributed by atoms with Crippen LogP contribution in [0.25, 0.3) is 0 Å². The molecule has 0 unspecified atom stereocenters. The Labute approximate surface area is 151 Å². The van der Waals surface area contributed by atoms with Gasteiger partial charge in [-0.1, -0.05) is 48.6 Å². The van der Waals surface area contributed by atoms with Crippen LogP contribution in [0.15, 0.2) is 60.7 Å². The zero-order chi connectivity index (χ0) is 17.8. The minimum Gasteiger partial charge on any atom is -0.330 e. The van der Waals surface area contributed by atoms with E-state index in [9.17, 15) is 9.59 Å². The van der Waals surface area contributed by atoms with Crippen LogP contribution in [0.2, 0.25) is 0 Å². The Hall–Kier alpha value is -2.73. The molecule has 6 heteroatoms. The van der Waals surface area contributed by atoms with E-state index < -0.39 is 11.7 Å². The summed E-state index contributed by atoms with van der Waals surface area (Å²) in [5, 5.41) is 0. The first-order chi connectivity index (χ1) is 12.0. The zero-order valence-electron chi connectivity index (χ0n) is 13.9. The van der Waals surface area contributed by atoms with Crippen molar-refractivity contribution in [3.8, 4) is 0 Å². The summed E-state index contributed by atoms with van der Waals surface area (Å²) < 4.78 is 0. The third-order valence-corrected chi connectivity index (χ3v) is 5.61.